The van der Waals surface area contributed by atoms with Crippen LogP contribution in [0.5, 0.6) is 0 Å². The quantitative estimate of drug-likeness (QED) is 0.705. The van der Waals surface area contributed by atoms with E-state index in [4.69, 9.17) is 0 Å². The van der Waals surface area contributed by atoms with Crippen LogP contribution in [0.1, 0.15) is 18.9 Å². The number of benzene rings is 1. The molecular weight excluding hydrogens is 391 g/mol. The van der Waals surface area contributed by atoms with Crippen molar-refractivity contribution in [3.8, 4) is 11.4 Å². The Morgan fingerprint density at radius 1 is 1.04 bits per heavy atom. The SMILES string of the molecule is CC1=CC=C(c2ccccc2-c2nnn[n]2[Sn]([CH3])([CH3])[CH3])C=CC1. The van der Waals surface area contributed by atoms with E-state index in [-0.39, 0.29) is 0 Å². The molecule has 0 spiro atoms. The topological polar surface area (TPSA) is 43.6 Å². The molecule has 2 aromatic rings. The van der Waals surface area contributed by atoms with Gasteiger partial charge in [0.15, 0.2) is 0 Å². The fraction of sp³-hybridized carbons (Fsp3) is 0.278. The molecule has 0 unspecified atom stereocenters. The van der Waals surface area contributed by atoms with Crippen molar-refractivity contribution in [1.82, 2.24) is 18.4 Å². The zero-order valence-corrected chi connectivity index (χ0v) is 17.0. The van der Waals surface area contributed by atoms with E-state index in [0.717, 1.165) is 17.8 Å². The molecule has 118 valence electrons. The maximum absolute atomic E-state index is 4.33. The van der Waals surface area contributed by atoms with Crippen molar-refractivity contribution in [3.05, 3.63) is 59.7 Å². The molecule has 3 rings (SSSR count). The molecule has 1 aromatic carbocycles. The maximum atomic E-state index is 4.33. The van der Waals surface area contributed by atoms with Gasteiger partial charge in [-0.25, -0.2) is 0 Å². The van der Waals surface area contributed by atoms with Gasteiger partial charge in [0.1, 0.15) is 0 Å². The third kappa shape index (κ3) is 3.47. The Kier molecular flexibility index (Phi) is 4.52. The number of aromatic nitrogens is 4. The van der Waals surface area contributed by atoms with E-state index in [9.17, 15) is 0 Å². The summed E-state index contributed by atoms with van der Waals surface area (Å²) in [4.78, 5) is 6.94. The second kappa shape index (κ2) is 6.43. The number of tetrazole rings is 1. The molecule has 23 heavy (non-hydrogen) atoms. The second-order valence-corrected chi connectivity index (χ2v) is 20.5. The molecule has 1 aromatic heterocycles. The fourth-order valence-corrected chi connectivity index (χ4v) is 5.81. The summed E-state index contributed by atoms with van der Waals surface area (Å²) in [6, 6.07) is 8.39. The summed E-state index contributed by atoms with van der Waals surface area (Å²) in [5.74, 6) is 0.892. The van der Waals surface area contributed by atoms with E-state index in [0.29, 0.717) is 0 Å². The van der Waals surface area contributed by atoms with E-state index >= 15 is 0 Å². The standard InChI is InChI=1S/C15H13N4.3CH3.Sn/c1-11-5-4-6-12(10-9-11)13-7-2-3-8-14(13)15-16-18-19-17-15;;;;/h2-4,6-10H,5H2,1H3;3*1H3;/q-1;;;;+1. The molecule has 1 aliphatic rings. The molecule has 4 nitrogen and oxygen atoms in total. The number of rotatable bonds is 3. The van der Waals surface area contributed by atoms with Gasteiger partial charge in [-0.2, -0.15) is 0 Å². The first-order chi connectivity index (χ1) is 11.0. The first-order valence-corrected chi connectivity index (χ1v) is 17.7. The summed E-state index contributed by atoms with van der Waals surface area (Å²) in [7, 11) is 0. The van der Waals surface area contributed by atoms with Crippen molar-refractivity contribution < 1.29 is 0 Å². The van der Waals surface area contributed by atoms with E-state index < -0.39 is 18.7 Å². The molecule has 5 heteroatoms. The summed E-state index contributed by atoms with van der Waals surface area (Å²) in [5, 5.41) is 12.6. The van der Waals surface area contributed by atoms with Crippen LogP contribution in [0, 0.1) is 0 Å². The minimum absolute atomic E-state index is 0.892. The first-order valence-electron chi connectivity index (χ1n) is 7.89. The zero-order valence-electron chi connectivity index (χ0n) is 14.1. The van der Waals surface area contributed by atoms with Crippen LogP contribution in [0.4, 0.5) is 0 Å². The van der Waals surface area contributed by atoms with Crippen molar-refractivity contribution in [2.45, 2.75) is 28.2 Å². The van der Waals surface area contributed by atoms with Gasteiger partial charge in [0.2, 0.25) is 0 Å². The van der Waals surface area contributed by atoms with Gasteiger partial charge in [0.05, 0.1) is 0 Å². The average molecular weight is 413 g/mol. The molecule has 0 atom stereocenters. The van der Waals surface area contributed by atoms with Crippen LogP contribution in [-0.2, 0) is 0 Å². The third-order valence-corrected chi connectivity index (χ3v) is 8.36. The van der Waals surface area contributed by atoms with Crippen molar-refractivity contribution in [1.29, 1.82) is 0 Å². The Labute approximate surface area is 141 Å². The van der Waals surface area contributed by atoms with E-state index in [1.54, 1.807) is 0 Å². The van der Waals surface area contributed by atoms with Gasteiger partial charge in [-0.1, -0.05) is 0 Å². The number of nitrogens with zero attached hydrogens (tertiary/aromatic N) is 4. The Morgan fingerprint density at radius 2 is 1.78 bits per heavy atom. The average Bonchev–Trinajstić information content (AvgIpc) is 2.91. The molecule has 0 saturated carbocycles. The predicted molar refractivity (Wildman–Crippen MR) is 97.5 cm³/mol. The van der Waals surface area contributed by atoms with Crippen LogP contribution in [0.3, 0.4) is 0 Å². The number of hydrogen-bond donors (Lipinski definition) is 0. The summed E-state index contributed by atoms with van der Waals surface area (Å²) < 4.78 is 2.09. The molecule has 0 saturated heterocycles. The Morgan fingerprint density at radius 3 is 2.52 bits per heavy atom. The minimum atomic E-state index is -2.44. The summed E-state index contributed by atoms with van der Waals surface area (Å²) >= 11 is -2.44. The van der Waals surface area contributed by atoms with Gasteiger partial charge in [-0.05, 0) is 0 Å². The van der Waals surface area contributed by atoms with E-state index in [1.807, 2.05) is 0 Å². The van der Waals surface area contributed by atoms with E-state index in [2.05, 4.69) is 88.7 Å². The van der Waals surface area contributed by atoms with Gasteiger partial charge in [-0.15, -0.1) is 0 Å². The molecule has 1 heterocycles. The number of allylic oxidation sites excluding steroid dienone is 6. The molecule has 1 aliphatic carbocycles. The molecular formula is C18H22N4Sn. The monoisotopic (exact) mass is 414 g/mol. The molecule has 0 bridgehead atoms. The Hall–Kier alpha value is -1.69. The number of hydrogen-bond acceptors (Lipinski definition) is 3. The third-order valence-electron chi connectivity index (χ3n) is 3.87. The van der Waals surface area contributed by atoms with Crippen LogP contribution >= 0.6 is 0 Å². The molecule has 0 amide bonds. The molecule has 0 fully saturated rings. The Balaban J connectivity index is 2.15. The van der Waals surface area contributed by atoms with Crippen molar-refractivity contribution >= 4 is 24.2 Å². The predicted octanol–water partition coefficient (Wildman–Crippen LogP) is 4.31. The molecule has 0 N–H and O–H groups in total. The zero-order chi connectivity index (χ0) is 16.4. The van der Waals surface area contributed by atoms with Gasteiger partial charge in [0, 0.05) is 0 Å². The fourth-order valence-electron chi connectivity index (χ4n) is 2.64. The summed E-state index contributed by atoms with van der Waals surface area (Å²) in [6.07, 6.45) is 9.79. The van der Waals surface area contributed by atoms with Crippen LogP contribution in [0.15, 0.2) is 54.1 Å². The van der Waals surface area contributed by atoms with Crippen molar-refractivity contribution in [2.24, 2.45) is 0 Å². The van der Waals surface area contributed by atoms with Crippen molar-refractivity contribution in [3.63, 3.8) is 0 Å². The molecule has 0 aliphatic heterocycles. The van der Waals surface area contributed by atoms with Crippen LogP contribution in [0.2, 0.25) is 14.8 Å². The van der Waals surface area contributed by atoms with E-state index in [1.165, 1.54) is 16.7 Å². The normalized spacial score (nSPS) is 15.1. The van der Waals surface area contributed by atoms with Gasteiger partial charge >= 0.3 is 142 Å². The van der Waals surface area contributed by atoms with Gasteiger partial charge < -0.3 is 0 Å². The first kappa shape index (κ1) is 16.2. The van der Waals surface area contributed by atoms with Crippen LogP contribution in [0.25, 0.3) is 17.0 Å². The summed E-state index contributed by atoms with van der Waals surface area (Å²) in [6.45, 7) is 2.16. The summed E-state index contributed by atoms with van der Waals surface area (Å²) in [5.41, 5.74) is 4.86. The van der Waals surface area contributed by atoms with Crippen molar-refractivity contribution in [2.75, 3.05) is 0 Å². The van der Waals surface area contributed by atoms with Crippen LogP contribution < -0.4 is 0 Å². The van der Waals surface area contributed by atoms with Gasteiger partial charge in [-0.3, -0.25) is 0 Å². The van der Waals surface area contributed by atoms with Crippen LogP contribution in [-0.4, -0.2) is 37.1 Å². The Bertz CT molecular complexity index is 806. The second-order valence-electron chi connectivity index (χ2n) is 6.87. The molecule has 0 radical (unpaired) electrons. The van der Waals surface area contributed by atoms with Gasteiger partial charge in [0.25, 0.3) is 0 Å².